The molecule has 1 aromatic carbocycles. The molecular weight excluding hydrogens is 339 g/mol. The van der Waals surface area contributed by atoms with Gasteiger partial charge in [0.15, 0.2) is 0 Å². The Kier molecular flexibility index (Phi) is 5.70. The van der Waals surface area contributed by atoms with Crippen LogP contribution in [0.5, 0.6) is 0 Å². The summed E-state index contributed by atoms with van der Waals surface area (Å²) in [5.41, 5.74) is 0.457. The van der Waals surface area contributed by atoms with Crippen molar-refractivity contribution in [3.8, 4) is 0 Å². The Bertz CT molecular complexity index is 672. The smallest absolute Gasteiger partial charge is 0.317 e. The second-order valence-electron chi connectivity index (χ2n) is 6.58. The Balaban J connectivity index is 1.41. The third-order valence-electron chi connectivity index (χ3n) is 4.87. The number of halogens is 1. The SMILES string of the molecule is O=C(NCCN1CCNC1=O)C1CCN(C(=O)c2ccc(F)cc2)CC1. The van der Waals surface area contributed by atoms with Crippen molar-refractivity contribution in [1.82, 2.24) is 20.4 Å². The van der Waals surface area contributed by atoms with E-state index in [1.165, 1.54) is 24.3 Å². The van der Waals surface area contributed by atoms with E-state index in [0.29, 0.717) is 57.7 Å². The van der Waals surface area contributed by atoms with E-state index in [1.54, 1.807) is 9.80 Å². The predicted octanol–water partition coefficient (Wildman–Crippen LogP) is 0.819. The van der Waals surface area contributed by atoms with E-state index in [2.05, 4.69) is 10.6 Å². The summed E-state index contributed by atoms with van der Waals surface area (Å²) in [5, 5.41) is 5.60. The molecule has 3 rings (SSSR count). The molecular formula is C18H23FN4O3. The molecule has 0 bridgehead atoms. The van der Waals surface area contributed by atoms with Gasteiger partial charge in [0.1, 0.15) is 5.82 Å². The first-order valence-electron chi connectivity index (χ1n) is 8.90. The summed E-state index contributed by atoms with van der Waals surface area (Å²) in [6, 6.07) is 5.41. The Morgan fingerprint density at radius 1 is 1.15 bits per heavy atom. The van der Waals surface area contributed by atoms with E-state index < -0.39 is 0 Å². The van der Waals surface area contributed by atoms with E-state index in [-0.39, 0.29) is 29.6 Å². The molecule has 0 atom stereocenters. The summed E-state index contributed by atoms with van der Waals surface area (Å²) in [6.45, 7) is 3.25. The first-order chi connectivity index (χ1) is 12.5. The maximum Gasteiger partial charge on any atom is 0.317 e. The van der Waals surface area contributed by atoms with Gasteiger partial charge in [-0.3, -0.25) is 9.59 Å². The van der Waals surface area contributed by atoms with Gasteiger partial charge < -0.3 is 20.4 Å². The molecule has 2 aliphatic heterocycles. The molecule has 26 heavy (non-hydrogen) atoms. The van der Waals surface area contributed by atoms with Crippen molar-refractivity contribution in [2.75, 3.05) is 39.3 Å². The lowest BCUT2D eigenvalue weighted by molar-refractivity contribution is -0.126. The van der Waals surface area contributed by atoms with Crippen LogP contribution in [0.3, 0.4) is 0 Å². The van der Waals surface area contributed by atoms with Gasteiger partial charge in [-0.25, -0.2) is 9.18 Å². The number of hydrogen-bond acceptors (Lipinski definition) is 3. The summed E-state index contributed by atoms with van der Waals surface area (Å²) >= 11 is 0. The molecule has 2 fully saturated rings. The topological polar surface area (TPSA) is 81.8 Å². The number of likely N-dealkylation sites (tertiary alicyclic amines) is 1. The highest BCUT2D eigenvalue weighted by molar-refractivity contribution is 5.94. The molecule has 0 radical (unpaired) electrons. The summed E-state index contributed by atoms with van der Waals surface area (Å²) < 4.78 is 13.0. The maximum absolute atomic E-state index is 13.0. The van der Waals surface area contributed by atoms with Crippen molar-refractivity contribution in [2.45, 2.75) is 12.8 Å². The molecule has 0 spiro atoms. The van der Waals surface area contributed by atoms with Crippen LogP contribution < -0.4 is 10.6 Å². The standard InChI is InChI=1S/C18H23FN4O3/c19-15-3-1-14(2-4-15)17(25)22-9-5-13(6-10-22)16(24)20-7-11-23-12-8-21-18(23)26/h1-4,13H,5-12H2,(H,20,24)(H,21,26). The Morgan fingerprint density at radius 2 is 1.85 bits per heavy atom. The van der Waals surface area contributed by atoms with Crippen molar-refractivity contribution in [2.24, 2.45) is 5.92 Å². The number of amides is 4. The normalized spacial score (nSPS) is 18.0. The fourth-order valence-electron chi connectivity index (χ4n) is 3.30. The van der Waals surface area contributed by atoms with Crippen molar-refractivity contribution >= 4 is 17.8 Å². The van der Waals surface area contributed by atoms with Gasteiger partial charge >= 0.3 is 6.03 Å². The Hall–Kier alpha value is -2.64. The number of carbonyl (C=O) groups is 3. The van der Waals surface area contributed by atoms with E-state index in [4.69, 9.17) is 0 Å². The van der Waals surface area contributed by atoms with Crippen LogP contribution in [0.25, 0.3) is 0 Å². The average Bonchev–Trinajstić information content (AvgIpc) is 3.07. The Labute approximate surface area is 151 Å². The number of piperidine rings is 1. The van der Waals surface area contributed by atoms with Crippen LogP contribution in [0.2, 0.25) is 0 Å². The molecule has 0 aliphatic carbocycles. The second-order valence-corrected chi connectivity index (χ2v) is 6.58. The zero-order chi connectivity index (χ0) is 18.5. The van der Waals surface area contributed by atoms with Gasteiger partial charge in [-0.1, -0.05) is 0 Å². The number of hydrogen-bond donors (Lipinski definition) is 2. The number of carbonyl (C=O) groups excluding carboxylic acids is 3. The quantitative estimate of drug-likeness (QED) is 0.814. The first kappa shape index (κ1) is 18.2. The third-order valence-corrected chi connectivity index (χ3v) is 4.87. The number of benzene rings is 1. The molecule has 2 saturated heterocycles. The molecule has 2 aliphatic rings. The molecule has 1 aromatic rings. The van der Waals surface area contributed by atoms with Gasteiger partial charge in [0.05, 0.1) is 0 Å². The van der Waals surface area contributed by atoms with E-state index >= 15 is 0 Å². The minimum atomic E-state index is -0.372. The van der Waals surface area contributed by atoms with Crippen LogP contribution >= 0.6 is 0 Å². The summed E-state index contributed by atoms with van der Waals surface area (Å²) in [4.78, 5) is 39.5. The lowest BCUT2D eigenvalue weighted by Crippen LogP contribution is -2.44. The first-order valence-corrected chi connectivity index (χ1v) is 8.90. The van der Waals surface area contributed by atoms with Crippen LogP contribution in [-0.4, -0.2) is 66.9 Å². The summed E-state index contributed by atoms with van der Waals surface area (Å²) in [5.74, 6) is -0.662. The number of nitrogens with zero attached hydrogens (tertiary/aromatic N) is 2. The molecule has 0 saturated carbocycles. The maximum atomic E-state index is 13.0. The lowest BCUT2D eigenvalue weighted by Gasteiger charge is -2.31. The minimum absolute atomic E-state index is 0.0292. The number of nitrogens with one attached hydrogen (secondary N) is 2. The molecule has 0 unspecified atom stereocenters. The second kappa shape index (κ2) is 8.16. The van der Waals surface area contributed by atoms with E-state index in [9.17, 15) is 18.8 Å². The van der Waals surface area contributed by atoms with Crippen LogP contribution in [0.1, 0.15) is 23.2 Å². The van der Waals surface area contributed by atoms with Gasteiger partial charge in [0.2, 0.25) is 5.91 Å². The third kappa shape index (κ3) is 4.30. The van der Waals surface area contributed by atoms with Crippen LogP contribution in [-0.2, 0) is 4.79 Å². The zero-order valence-electron chi connectivity index (χ0n) is 14.5. The summed E-state index contributed by atoms with van der Waals surface area (Å²) in [7, 11) is 0. The van der Waals surface area contributed by atoms with Crippen LogP contribution in [0.15, 0.2) is 24.3 Å². The monoisotopic (exact) mass is 362 g/mol. The lowest BCUT2D eigenvalue weighted by atomic mass is 9.95. The van der Waals surface area contributed by atoms with Gasteiger partial charge in [0, 0.05) is 50.7 Å². The van der Waals surface area contributed by atoms with Gasteiger partial charge in [-0.2, -0.15) is 0 Å². The van der Waals surface area contributed by atoms with E-state index in [1.807, 2.05) is 0 Å². The van der Waals surface area contributed by atoms with Gasteiger partial charge in [0.25, 0.3) is 5.91 Å². The van der Waals surface area contributed by atoms with E-state index in [0.717, 1.165) is 0 Å². The van der Waals surface area contributed by atoms with Crippen LogP contribution in [0.4, 0.5) is 9.18 Å². The van der Waals surface area contributed by atoms with Crippen molar-refractivity contribution in [3.05, 3.63) is 35.6 Å². The molecule has 0 aromatic heterocycles. The zero-order valence-corrected chi connectivity index (χ0v) is 14.5. The fraction of sp³-hybridized carbons (Fsp3) is 0.500. The highest BCUT2D eigenvalue weighted by Crippen LogP contribution is 2.19. The molecule has 4 amide bonds. The predicted molar refractivity (Wildman–Crippen MR) is 93.0 cm³/mol. The highest BCUT2D eigenvalue weighted by Gasteiger charge is 2.28. The van der Waals surface area contributed by atoms with Gasteiger partial charge in [-0.05, 0) is 37.1 Å². The van der Waals surface area contributed by atoms with Crippen molar-refractivity contribution in [3.63, 3.8) is 0 Å². The minimum Gasteiger partial charge on any atom is -0.354 e. The largest absolute Gasteiger partial charge is 0.354 e. The highest BCUT2D eigenvalue weighted by atomic mass is 19.1. The molecule has 2 heterocycles. The van der Waals surface area contributed by atoms with Gasteiger partial charge in [-0.15, -0.1) is 0 Å². The number of urea groups is 1. The Morgan fingerprint density at radius 3 is 2.46 bits per heavy atom. The average molecular weight is 362 g/mol. The molecule has 140 valence electrons. The summed E-state index contributed by atoms with van der Waals surface area (Å²) in [6.07, 6.45) is 1.20. The van der Waals surface area contributed by atoms with Crippen molar-refractivity contribution < 1.29 is 18.8 Å². The molecule has 8 heteroatoms. The number of rotatable bonds is 5. The molecule has 7 nitrogen and oxygen atoms in total. The fourth-order valence-corrected chi connectivity index (χ4v) is 3.30. The van der Waals surface area contributed by atoms with Crippen LogP contribution in [0, 0.1) is 11.7 Å². The van der Waals surface area contributed by atoms with Crippen molar-refractivity contribution in [1.29, 1.82) is 0 Å². The molecule has 2 N–H and O–H groups in total.